The molecule has 0 unspecified atom stereocenters. The van der Waals surface area contributed by atoms with Gasteiger partial charge in [-0.05, 0) is 6.07 Å². The first-order valence-corrected chi connectivity index (χ1v) is 2.90. The molecule has 0 aromatic heterocycles. The molecule has 11 heavy (non-hydrogen) atoms. The van der Waals surface area contributed by atoms with Crippen LogP contribution in [-0.4, -0.2) is 12.8 Å². The standard InChI is InChI=1S/C6H5BN2O2/c7-4-1-2-5(8)6(3-4)9(10)11/h1-3H,8H2. The SMILES string of the molecule is [B]c1ccc(N)c([N+](=O)[O-])c1. The van der Waals surface area contributed by atoms with Gasteiger partial charge in [0.1, 0.15) is 13.5 Å². The van der Waals surface area contributed by atoms with E-state index < -0.39 is 4.92 Å². The summed E-state index contributed by atoms with van der Waals surface area (Å²) in [4.78, 5) is 9.68. The second kappa shape index (κ2) is 2.61. The average molecular weight is 148 g/mol. The Morgan fingerprint density at radius 2 is 2.18 bits per heavy atom. The van der Waals surface area contributed by atoms with E-state index in [1.165, 1.54) is 18.2 Å². The summed E-state index contributed by atoms with van der Waals surface area (Å²) in [6.45, 7) is 0. The first-order valence-electron chi connectivity index (χ1n) is 2.90. The van der Waals surface area contributed by atoms with Crippen LogP contribution >= 0.6 is 0 Å². The lowest BCUT2D eigenvalue weighted by molar-refractivity contribution is -0.383. The van der Waals surface area contributed by atoms with Crippen molar-refractivity contribution in [2.75, 3.05) is 5.73 Å². The molecule has 0 spiro atoms. The number of rotatable bonds is 1. The van der Waals surface area contributed by atoms with Crippen LogP contribution in [0.25, 0.3) is 0 Å². The minimum atomic E-state index is -0.564. The van der Waals surface area contributed by atoms with Crippen LogP contribution in [0.3, 0.4) is 0 Å². The van der Waals surface area contributed by atoms with Gasteiger partial charge in [-0.3, -0.25) is 10.1 Å². The lowest BCUT2D eigenvalue weighted by Gasteiger charge is -1.96. The summed E-state index contributed by atoms with van der Waals surface area (Å²) in [5, 5.41) is 10.2. The Morgan fingerprint density at radius 1 is 1.55 bits per heavy atom. The molecule has 0 saturated heterocycles. The van der Waals surface area contributed by atoms with Gasteiger partial charge in [0.15, 0.2) is 0 Å². The number of nitrogens with two attached hydrogens (primary N) is 1. The summed E-state index contributed by atoms with van der Waals surface area (Å²) < 4.78 is 0. The van der Waals surface area contributed by atoms with Crippen LogP contribution in [0.1, 0.15) is 0 Å². The maximum atomic E-state index is 10.2. The van der Waals surface area contributed by atoms with E-state index >= 15 is 0 Å². The quantitative estimate of drug-likeness (QED) is 0.263. The Hall–Kier alpha value is -1.52. The van der Waals surface area contributed by atoms with Gasteiger partial charge >= 0.3 is 0 Å². The van der Waals surface area contributed by atoms with Crippen molar-refractivity contribution < 1.29 is 4.92 Å². The molecule has 4 nitrogen and oxygen atoms in total. The molecule has 0 bridgehead atoms. The minimum Gasteiger partial charge on any atom is -0.393 e. The third kappa shape index (κ3) is 1.49. The van der Waals surface area contributed by atoms with Crippen molar-refractivity contribution in [3.8, 4) is 0 Å². The minimum absolute atomic E-state index is 0.129. The molecule has 1 aromatic rings. The van der Waals surface area contributed by atoms with E-state index in [1.807, 2.05) is 0 Å². The van der Waals surface area contributed by atoms with E-state index in [0.29, 0.717) is 5.46 Å². The van der Waals surface area contributed by atoms with Gasteiger partial charge in [-0.25, -0.2) is 0 Å². The van der Waals surface area contributed by atoms with Gasteiger partial charge in [-0.15, -0.1) is 0 Å². The molecule has 1 rings (SSSR count). The predicted molar refractivity (Wildman–Crippen MR) is 42.9 cm³/mol. The highest BCUT2D eigenvalue weighted by Gasteiger charge is 2.09. The second-order valence-electron chi connectivity index (χ2n) is 2.08. The molecule has 2 radical (unpaired) electrons. The van der Waals surface area contributed by atoms with Gasteiger partial charge in [-0.2, -0.15) is 0 Å². The molecule has 0 aliphatic rings. The molecule has 0 atom stereocenters. The van der Waals surface area contributed by atoms with E-state index in [9.17, 15) is 10.1 Å². The number of nitro groups is 1. The molecule has 0 saturated carbocycles. The highest BCUT2D eigenvalue weighted by Crippen LogP contribution is 2.17. The average Bonchev–Trinajstić information content (AvgIpc) is 1.94. The van der Waals surface area contributed by atoms with Crippen molar-refractivity contribution in [1.29, 1.82) is 0 Å². The topological polar surface area (TPSA) is 69.2 Å². The molecular formula is C6H5BN2O2. The molecule has 0 aliphatic heterocycles. The first-order chi connectivity index (χ1) is 5.11. The van der Waals surface area contributed by atoms with Crippen molar-refractivity contribution in [2.45, 2.75) is 0 Å². The van der Waals surface area contributed by atoms with Gasteiger partial charge in [0.2, 0.25) is 0 Å². The zero-order chi connectivity index (χ0) is 8.43. The molecule has 0 aliphatic carbocycles. The van der Waals surface area contributed by atoms with Gasteiger partial charge in [0.25, 0.3) is 5.69 Å². The van der Waals surface area contributed by atoms with Crippen LogP contribution in [0.15, 0.2) is 18.2 Å². The normalized spacial score (nSPS) is 9.45. The summed E-state index contributed by atoms with van der Waals surface area (Å²) >= 11 is 0. The molecule has 0 fully saturated rings. The van der Waals surface area contributed by atoms with Crippen LogP contribution in [0.5, 0.6) is 0 Å². The largest absolute Gasteiger partial charge is 0.393 e. The number of nitrogen functional groups attached to an aromatic ring is 1. The zero-order valence-electron chi connectivity index (χ0n) is 5.65. The molecule has 2 N–H and O–H groups in total. The van der Waals surface area contributed by atoms with E-state index in [-0.39, 0.29) is 11.4 Å². The van der Waals surface area contributed by atoms with Crippen LogP contribution in [-0.2, 0) is 0 Å². The van der Waals surface area contributed by atoms with Crippen molar-refractivity contribution >= 4 is 24.7 Å². The van der Waals surface area contributed by atoms with E-state index in [1.54, 1.807) is 0 Å². The summed E-state index contributed by atoms with van der Waals surface area (Å²) in [6, 6.07) is 4.16. The zero-order valence-corrected chi connectivity index (χ0v) is 5.65. The number of hydrogen-bond acceptors (Lipinski definition) is 3. The number of hydrogen-bond donors (Lipinski definition) is 1. The summed E-state index contributed by atoms with van der Waals surface area (Å²) in [7, 11) is 5.31. The first kappa shape index (κ1) is 7.59. The van der Waals surface area contributed by atoms with Crippen LogP contribution in [0.2, 0.25) is 0 Å². The summed E-state index contributed by atoms with van der Waals surface area (Å²) in [5.41, 5.74) is 5.61. The molecule has 5 heteroatoms. The predicted octanol–water partition coefficient (Wildman–Crippen LogP) is -0.0292. The Bertz CT molecular complexity index is 301. The molecule has 1 aromatic carbocycles. The number of anilines is 1. The highest BCUT2D eigenvalue weighted by atomic mass is 16.6. The number of nitrogens with zero attached hydrogens (tertiary/aromatic N) is 1. The fourth-order valence-electron chi connectivity index (χ4n) is 0.719. The van der Waals surface area contributed by atoms with Crippen molar-refractivity contribution in [3.05, 3.63) is 28.3 Å². The maximum absolute atomic E-state index is 10.2. The fraction of sp³-hybridized carbons (Fsp3) is 0. The molecule has 54 valence electrons. The van der Waals surface area contributed by atoms with Crippen LogP contribution < -0.4 is 11.2 Å². The monoisotopic (exact) mass is 148 g/mol. The molecular weight excluding hydrogens is 143 g/mol. The smallest absolute Gasteiger partial charge is 0.291 e. The van der Waals surface area contributed by atoms with E-state index in [2.05, 4.69) is 0 Å². The molecule has 0 heterocycles. The van der Waals surface area contributed by atoms with E-state index in [4.69, 9.17) is 13.6 Å². The lowest BCUT2D eigenvalue weighted by atomic mass is 9.95. The van der Waals surface area contributed by atoms with Gasteiger partial charge in [-0.1, -0.05) is 11.5 Å². The number of benzene rings is 1. The third-order valence-electron chi connectivity index (χ3n) is 1.25. The number of nitro benzene ring substituents is 1. The Labute approximate surface area is 64.6 Å². The Balaban J connectivity index is 3.23. The van der Waals surface area contributed by atoms with Gasteiger partial charge < -0.3 is 5.73 Å². The van der Waals surface area contributed by atoms with Crippen LogP contribution in [0.4, 0.5) is 11.4 Å². The second-order valence-corrected chi connectivity index (χ2v) is 2.08. The van der Waals surface area contributed by atoms with Crippen LogP contribution in [0, 0.1) is 10.1 Å². The van der Waals surface area contributed by atoms with E-state index in [0.717, 1.165) is 0 Å². The van der Waals surface area contributed by atoms with Crippen molar-refractivity contribution in [1.82, 2.24) is 0 Å². The Morgan fingerprint density at radius 3 is 2.64 bits per heavy atom. The van der Waals surface area contributed by atoms with Crippen molar-refractivity contribution in [2.24, 2.45) is 0 Å². The van der Waals surface area contributed by atoms with Crippen molar-refractivity contribution in [3.63, 3.8) is 0 Å². The highest BCUT2D eigenvalue weighted by molar-refractivity contribution is 6.32. The van der Waals surface area contributed by atoms with Gasteiger partial charge in [0, 0.05) is 6.07 Å². The van der Waals surface area contributed by atoms with Gasteiger partial charge in [0.05, 0.1) is 4.92 Å². The molecule has 0 amide bonds. The third-order valence-corrected chi connectivity index (χ3v) is 1.25. The summed E-state index contributed by atoms with van der Waals surface area (Å²) in [6.07, 6.45) is 0. The Kier molecular flexibility index (Phi) is 1.80. The maximum Gasteiger partial charge on any atom is 0.291 e. The lowest BCUT2D eigenvalue weighted by Crippen LogP contribution is -2.05. The fourth-order valence-corrected chi connectivity index (χ4v) is 0.719. The summed E-state index contributed by atoms with van der Waals surface area (Å²) in [5.74, 6) is 0.